The summed E-state index contributed by atoms with van der Waals surface area (Å²) in [5.41, 5.74) is 2.33. The molecule has 6 aromatic carbocycles. The van der Waals surface area contributed by atoms with Gasteiger partial charge in [-0.05, 0) is 56.6 Å². The molecule has 2 aliphatic rings. The molecule has 0 spiro atoms. The summed E-state index contributed by atoms with van der Waals surface area (Å²) in [6, 6.07) is 30.9. The normalized spacial score (nSPS) is 14.0. The minimum Gasteiger partial charge on any atom is -0.314 e. The smallest absolute Gasteiger partial charge is 0.262 e. The average Bonchev–Trinajstić information content (AvgIpc) is 3.12. The fourth-order valence-corrected chi connectivity index (χ4v) is 7.31. The Morgan fingerprint density at radius 3 is 1.24 bits per heavy atom. The molecule has 0 fully saturated rings. The van der Waals surface area contributed by atoms with Crippen LogP contribution in [0.3, 0.4) is 0 Å². The number of imide groups is 2. The first kappa shape index (κ1) is 33.3. The van der Waals surface area contributed by atoms with Crippen molar-refractivity contribution >= 4 is 79.1 Å². The molecule has 0 radical (unpaired) electrons. The van der Waals surface area contributed by atoms with E-state index in [1.54, 1.807) is 12.1 Å². The summed E-state index contributed by atoms with van der Waals surface area (Å²) in [4.78, 5) is 56.6. The predicted octanol–water partition coefficient (Wildman–Crippen LogP) is 5.38. The van der Waals surface area contributed by atoms with Crippen molar-refractivity contribution in [2.45, 2.75) is 0 Å². The van der Waals surface area contributed by atoms with Crippen LogP contribution in [0.1, 0.15) is 41.4 Å². The van der Waals surface area contributed by atoms with Crippen molar-refractivity contribution in [3.63, 3.8) is 0 Å². The minimum absolute atomic E-state index is 0. The van der Waals surface area contributed by atoms with Crippen LogP contribution in [0.5, 0.6) is 0 Å². The van der Waals surface area contributed by atoms with Gasteiger partial charge in [0, 0.05) is 74.3 Å². The number of nitrogens with zero attached hydrogens (tertiary/aromatic N) is 2. The largest absolute Gasteiger partial charge is 0.314 e. The van der Waals surface area contributed by atoms with E-state index in [0.717, 1.165) is 43.1 Å². The summed E-state index contributed by atoms with van der Waals surface area (Å²) in [5, 5.41) is 17.0. The molecular formula is C40H36ClN5O4. The molecule has 6 aromatic rings. The molecule has 2 heterocycles. The minimum atomic E-state index is -0.257. The zero-order valence-electron chi connectivity index (χ0n) is 27.3. The van der Waals surface area contributed by atoms with Gasteiger partial charge in [0.05, 0.1) is 11.1 Å². The maximum absolute atomic E-state index is 13.6. The van der Waals surface area contributed by atoms with Crippen LogP contribution in [0.25, 0.3) is 43.1 Å². The molecule has 2 aliphatic heterocycles. The van der Waals surface area contributed by atoms with E-state index >= 15 is 0 Å². The molecule has 252 valence electrons. The zero-order valence-corrected chi connectivity index (χ0v) is 28.1. The van der Waals surface area contributed by atoms with Gasteiger partial charge in [-0.25, -0.2) is 0 Å². The lowest BCUT2D eigenvalue weighted by atomic mass is 9.89. The van der Waals surface area contributed by atoms with E-state index in [1.807, 2.05) is 84.9 Å². The maximum atomic E-state index is 13.6. The van der Waals surface area contributed by atoms with Crippen LogP contribution in [0.15, 0.2) is 97.1 Å². The van der Waals surface area contributed by atoms with Gasteiger partial charge in [-0.1, -0.05) is 72.8 Å². The number of carbonyl (C=O) groups is 4. The number of fused-ring (bicyclic) bond motifs is 4. The number of halogens is 1. The highest BCUT2D eigenvalue weighted by Gasteiger charge is 2.35. The average molecular weight is 686 g/mol. The first-order valence-electron chi connectivity index (χ1n) is 16.8. The van der Waals surface area contributed by atoms with Crippen molar-refractivity contribution in [2.24, 2.45) is 0 Å². The first-order valence-corrected chi connectivity index (χ1v) is 16.8. The van der Waals surface area contributed by atoms with Gasteiger partial charge in [0.1, 0.15) is 0 Å². The molecule has 0 aromatic heterocycles. The molecule has 0 saturated heterocycles. The molecule has 3 N–H and O–H groups in total. The standard InChI is InChI=1S/C40H35N5O4.ClH/c46-37-31-13-5-9-27-23-25-7-1-3-11-29(25)35(33(27)31)39(48)44(37)21-19-42-17-15-41-16-18-43-20-22-45-38(47)32-14-6-10-28-24-26-8-2-4-12-30(26)36(34(28)32)40(45)49;/h1-14,23-24,41-43H,15-22H2;1H. The van der Waals surface area contributed by atoms with E-state index in [-0.39, 0.29) is 49.1 Å². The molecule has 0 saturated carbocycles. The van der Waals surface area contributed by atoms with E-state index in [9.17, 15) is 19.2 Å². The monoisotopic (exact) mass is 685 g/mol. The number of nitrogens with one attached hydrogen (secondary N) is 3. The Hall–Kier alpha value is -5.19. The van der Waals surface area contributed by atoms with Gasteiger partial charge in [-0.3, -0.25) is 29.0 Å². The second-order valence-electron chi connectivity index (χ2n) is 12.5. The van der Waals surface area contributed by atoms with Crippen molar-refractivity contribution in [3.05, 3.63) is 119 Å². The first-order chi connectivity index (χ1) is 24.0. The Balaban J connectivity index is 0.00000392. The summed E-state index contributed by atoms with van der Waals surface area (Å²) in [6.07, 6.45) is 0. The molecular weight excluding hydrogens is 650 g/mol. The van der Waals surface area contributed by atoms with Crippen LogP contribution >= 0.6 is 12.4 Å². The van der Waals surface area contributed by atoms with E-state index in [4.69, 9.17) is 0 Å². The third-order valence-electron chi connectivity index (χ3n) is 9.63. The van der Waals surface area contributed by atoms with E-state index in [2.05, 4.69) is 16.0 Å². The van der Waals surface area contributed by atoms with Gasteiger partial charge in [-0.2, -0.15) is 0 Å². The molecule has 9 nitrogen and oxygen atoms in total. The molecule has 4 amide bonds. The Morgan fingerprint density at radius 2 is 0.800 bits per heavy atom. The highest BCUT2D eigenvalue weighted by molar-refractivity contribution is 6.31. The van der Waals surface area contributed by atoms with Crippen molar-refractivity contribution in [2.75, 3.05) is 52.4 Å². The fraction of sp³-hybridized carbons (Fsp3) is 0.200. The van der Waals surface area contributed by atoms with Gasteiger partial charge >= 0.3 is 0 Å². The molecule has 50 heavy (non-hydrogen) atoms. The highest BCUT2D eigenvalue weighted by Crippen LogP contribution is 2.37. The second-order valence-corrected chi connectivity index (χ2v) is 12.5. The Bertz CT molecular complexity index is 2180. The molecule has 0 atom stereocenters. The number of hydrogen-bond acceptors (Lipinski definition) is 7. The van der Waals surface area contributed by atoms with Crippen LogP contribution in [-0.2, 0) is 0 Å². The van der Waals surface area contributed by atoms with Crippen molar-refractivity contribution in [3.8, 4) is 0 Å². The topological polar surface area (TPSA) is 111 Å². The quantitative estimate of drug-likeness (QED) is 0.0901. The third kappa shape index (κ3) is 5.68. The van der Waals surface area contributed by atoms with E-state index < -0.39 is 0 Å². The van der Waals surface area contributed by atoms with Crippen LogP contribution in [0, 0.1) is 0 Å². The van der Waals surface area contributed by atoms with Crippen molar-refractivity contribution in [1.82, 2.24) is 25.8 Å². The maximum Gasteiger partial charge on any atom is 0.262 e. The highest BCUT2D eigenvalue weighted by atomic mass is 35.5. The lowest BCUT2D eigenvalue weighted by molar-refractivity contribution is 0.0598. The zero-order chi connectivity index (χ0) is 33.5. The molecule has 10 heteroatoms. The van der Waals surface area contributed by atoms with Crippen LogP contribution < -0.4 is 16.0 Å². The summed E-state index contributed by atoms with van der Waals surface area (Å²) < 4.78 is 0. The fourth-order valence-electron chi connectivity index (χ4n) is 7.31. The van der Waals surface area contributed by atoms with E-state index in [0.29, 0.717) is 61.5 Å². The third-order valence-corrected chi connectivity index (χ3v) is 9.63. The van der Waals surface area contributed by atoms with Gasteiger partial charge in [0.25, 0.3) is 23.6 Å². The van der Waals surface area contributed by atoms with Crippen LogP contribution in [0.4, 0.5) is 0 Å². The summed E-state index contributed by atoms with van der Waals surface area (Å²) >= 11 is 0. The van der Waals surface area contributed by atoms with Gasteiger partial charge in [0.15, 0.2) is 0 Å². The van der Waals surface area contributed by atoms with Gasteiger partial charge in [-0.15, -0.1) is 12.4 Å². The molecule has 0 bridgehead atoms. The second kappa shape index (κ2) is 14.0. The number of benzene rings is 6. The van der Waals surface area contributed by atoms with E-state index in [1.165, 1.54) is 9.80 Å². The Labute approximate surface area is 295 Å². The lowest BCUT2D eigenvalue weighted by Crippen LogP contribution is -2.45. The summed E-state index contributed by atoms with van der Waals surface area (Å²) in [5.74, 6) is -1.02. The molecule has 8 rings (SSSR count). The molecule has 0 unspecified atom stereocenters. The summed E-state index contributed by atoms with van der Waals surface area (Å²) in [7, 11) is 0. The van der Waals surface area contributed by atoms with Crippen molar-refractivity contribution in [1.29, 1.82) is 0 Å². The molecule has 0 aliphatic carbocycles. The number of hydrogen-bond donors (Lipinski definition) is 3. The number of carbonyl (C=O) groups excluding carboxylic acids is 4. The lowest BCUT2D eigenvalue weighted by Gasteiger charge is -2.28. The SMILES string of the molecule is Cl.O=C1c2cccc3cc4ccccc4c(c23)C(=O)N1CCNCCNCCNCCN1C(=O)c2cccc3cc4ccccc4c(c23)C1=O. The Kier molecular flexibility index (Phi) is 9.31. The van der Waals surface area contributed by atoms with Crippen LogP contribution in [-0.4, -0.2) is 85.8 Å². The van der Waals surface area contributed by atoms with Gasteiger partial charge in [0.2, 0.25) is 0 Å². The predicted molar refractivity (Wildman–Crippen MR) is 199 cm³/mol. The summed E-state index contributed by atoms with van der Waals surface area (Å²) in [6.45, 7) is 4.26. The number of amides is 4. The van der Waals surface area contributed by atoms with Crippen LogP contribution in [0.2, 0.25) is 0 Å². The van der Waals surface area contributed by atoms with Gasteiger partial charge < -0.3 is 16.0 Å². The Morgan fingerprint density at radius 1 is 0.420 bits per heavy atom. The van der Waals surface area contributed by atoms with Crippen molar-refractivity contribution < 1.29 is 19.2 Å². The number of rotatable bonds is 12.